The van der Waals surface area contributed by atoms with Crippen molar-refractivity contribution in [3.63, 3.8) is 0 Å². The molecular formula is C23H24ClN3O2. The smallest absolute Gasteiger partial charge is 0.266 e. The first-order valence-corrected chi connectivity index (χ1v) is 10.1. The molecule has 0 atom stereocenters. The van der Waals surface area contributed by atoms with Gasteiger partial charge in [-0.3, -0.25) is 4.79 Å². The Morgan fingerprint density at radius 2 is 1.66 bits per heavy atom. The number of aromatic nitrogens is 1. The molecule has 1 aliphatic rings. The van der Waals surface area contributed by atoms with Crippen molar-refractivity contribution in [3.8, 4) is 5.75 Å². The minimum atomic E-state index is -0.947. The molecule has 0 aliphatic carbocycles. The number of nitrogens with zero attached hydrogens (tertiary/aromatic N) is 3. The number of ether oxygens (including phenoxy) is 1. The van der Waals surface area contributed by atoms with Crippen molar-refractivity contribution >= 4 is 34.2 Å². The SMILES string of the molecule is CC(C)(Oc1ccc(Cl)cc1)C(=O)N1CCN(c2ccc3ccccc3n2)CC1. The van der Waals surface area contributed by atoms with Crippen LogP contribution in [0.3, 0.4) is 0 Å². The number of carbonyl (C=O) groups is 1. The van der Waals surface area contributed by atoms with Gasteiger partial charge in [-0.25, -0.2) is 4.98 Å². The molecular weight excluding hydrogens is 386 g/mol. The van der Waals surface area contributed by atoms with Gasteiger partial charge in [0.15, 0.2) is 5.60 Å². The summed E-state index contributed by atoms with van der Waals surface area (Å²) in [5.74, 6) is 1.57. The van der Waals surface area contributed by atoms with E-state index in [9.17, 15) is 4.79 Å². The monoisotopic (exact) mass is 409 g/mol. The predicted molar refractivity (Wildman–Crippen MR) is 117 cm³/mol. The number of amides is 1. The van der Waals surface area contributed by atoms with Gasteiger partial charge in [0, 0.05) is 36.6 Å². The zero-order valence-electron chi connectivity index (χ0n) is 16.6. The Morgan fingerprint density at radius 3 is 2.38 bits per heavy atom. The van der Waals surface area contributed by atoms with Crippen LogP contribution in [-0.4, -0.2) is 47.6 Å². The van der Waals surface area contributed by atoms with E-state index in [4.69, 9.17) is 21.3 Å². The third kappa shape index (κ3) is 4.30. The maximum absolute atomic E-state index is 13.0. The molecule has 1 saturated heterocycles. The molecule has 0 radical (unpaired) electrons. The highest BCUT2D eigenvalue weighted by atomic mass is 35.5. The number of benzene rings is 2. The number of para-hydroxylation sites is 1. The molecule has 1 aromatic heterocycles. The highest BCUT2D eigenvalue weighted by molar-refractivity contribution is 6.30. The van der Waals surface area contributed by atoms with E-state index in [0.29, 0.717) is 23.9 Å². The van der Waals surface area contributed by atoms with E-state index in [1.54, 1.807) is 38.1 Å². The van der Waals surface area contributed by atoms with Gasteiger partial charge in [-0.15, -0.1) is 0 Å². The van der Waals surface area contributed by atoms with Gasteiger partial charge in [0.05, 0.1) is 5.52 Å². The maximum atomic E-state index is 13.0. The minimum Gasteiger partial charge on any atom is -0.478 e. The number of halogens is 1. The summed E-state index contributed by atoms with van der Waals surface area (Å²) in [5.41, 5.74) is 0.0398. The van der Waals surface area contributed by atoms with Gasteiger partial charge in [-0.2, -0.15) is 0 Å². The Hall–Kier alpha value is -2.79. The van der Waals surface area contributed by atoms with Crippen LogP contribution in [0.5, 0.6) is 5.75 Å². The second kappa shape index (κ2) is 7.91. The largest absolute Gasteiger partial charge is 0.478 e. The Bertz CT molecular complexity index is 1010. The molecule has 0 unspecified atom stereocenters. The third-order valence-corrected chi connectivity index (χ3v) is 5.43. The molecule has 3 aromatic rings. The first-order valence-electron chi connectivity index (χ1n) is 9.77. The molecule has 1 aliphatic heterocycles. The molecule has 0 spiro atoms. The molecule has 150 valence electrons. The zero-order chi connectivity index (χ0) is 20.4. The lowest BCUT2D eigenvalue weighted by Crippen LogP contribution is -2.56. The second-order valence-corrected chi connectivity index (χ2v) is 8.14. The lowest BCUT2D eigenvalue weighted by atomic mass is 10.1. The van der Waals surface area contributed by atoms with Crippen molar-refractivity contribution in [2.45, 2.75) is 19.4 Å². The van der Waals surface area contributed by atoms with E-state index in [0.717, 1.165) is 29.8 Å². The molecule has 1 amide bonds. The Balaban J connectivity index is 1.40. The van der Waals surface area contributed by atoms with E-state index in [1.165, 1.54) is 0 Å². The van der Waals surface area contributed by atoms with Crippen molar-refractivity contribution in [1.29, 1.82) is 0 Å². The van der Waals surface area contributed by atoms with Crippen LogP contribution in [0.4, 0.5) is 5.82 Å². The lowest BCUT2D eigenvalue weighted by molar-refractivity contribution is -0.145. The average molecular weight is 410 g/mol. The fourth-order valence-corrected chi connectivity index (χ4v) is 3.72. The molecule has 0 bridgehead atoms. The van der Waals surface area contributed by atoms with Crippen molar-refractivity contribution in [1.82, 2.24) is 9.88 Å². The van der Waals surface area contributed by atoms with Crippen LogP contribution in [-0.2, 0) is 4.79 Å². The molecule has 4 rings (SSSR count). The van der Waals surface area contributed by atoms with Crippen LogP contribution in [0.2, 0.25) is 5.02 Å². The average Bonchev–Trinajstić information content (AvgIpc) is 2.74. The standard InChI is InChI=1S/C23H24ClN3O2/c1-23(2,29-19-10-8-18(24)9-11-19)22(28)27-15-13-26(14-16-27)21-12-7-17-5-3-4-6-20(17)25-21/h3-12H,13-16H2,1-2H3. The summed E-state index contributed by atoms with van der Waals surface area (Å²) in [7, 11) is 0. The summed E-state index contributed by atoms with van der Waals surface area (Å²) < 4.78 is 5.96. The van der Waals surface area contributed by atoms with Crippen LogP contribution in [0.25, 0.3) is 10.9 Å². The summed E-state index contributed by atoms with van der Waals surface area (Å²) in [5, 5.41) is 1.77. The normalized spacial score (nSPS) is 14.9. The Labute approximate surface area is 175 Å². The first-order chi connectivity index (χ1) is 13.9. The van der Waals surface area contributed by atoms with Crippen molar-refractivity contribution in [3.05, 3.63) is 65.7 Å². The maximum Gasteiger partial charge on any atom is 0.266 e. The summed E-state index contributed by atoms with van der Waals surface area (Å²) >= 11 is 5.92. The zero-order valence-corrected chi connectivity index (χ0v) is 17.4. The number of rotatable bonds is 4. The molecule has 0 saturated carbocycles. The van der Waals surface area contributed by atoms with E-state index < -0.39 is 5.60 Å². The summed E-state index contributed by atoms with van der Waals surface area (Å²) in [6.07, 6.45) is 0. The Kier molecular flexibility index (Phi) is 5.33. The number of pyridine rings is 1. The Morgan fingerprint density at radius 1 is 0.966 bits per heavy atom. The lowest BCUT2D eigenvalue weighted by Gasteiger charge is -2.39. The van der Waals surface area contributed by atoms with E-state index in [-0.39, 0.29) is 5.91 Å². The molecule has 1 fully saturated rings. The van der Waals surface area contributed by atoms with E-state index in [1.807, 2.05) is 29.2 Å². The topological polar surface area (TPSA) is 45.7 Å². The predicted octanol–water partition coefficient (Wildman–Crippen LogP) is 4.39. The summed E-state index contributed by atoms with van der Waals surface area (Å²) in [6, 6.07) is 19.3. The summed E-state index contributed by atoms with van der Waals surface area (Å²) in [6.45, 7) is 6.38. The van der Waals surface area contributed by atoms with Crippen LogP contribution in [0.1, 0.15) is 13.8 Å². The van der Waals surface area contributed by atoms with Crippen molar-refractivity contribution in [2.24, 2.45) is 0 Å². The highest BCUT2D eigenvalue weighted by Gasteiger charge is 2.35. The van der Waals surface area contributed by atoms with Crippen LogP contribution in [0, 0.1) is 0 Å². The molecule has 6 heteroatoms. The van der Waals surface area contributed by atoms with Crippen LogP contribution >= 0.6 is 11.6 Å². The number of anilines is 1. The molecule has 2 heterocycles. The third-order valence-electron chi connectivity index (χ3n) is 5.18. The van der Waals surface area contributed by atoms with E-state index >= 15 is 0 Å². The molecule has 5 nitrogen and oxygen atoms in total. The highest BCUT2D eigenvalue weighted by Crippen LogP contribution is 2.24. The van der Waals surface area contributed by atoms with Gasteiger partial charge in [0.2, 0.25) is 0 Å². The number of fused-ring (bicyclic) bond motifs is 1. The van der Waals surface area contributed by atoms with Gasteiger partial charge in [0.1, 0.15) is 11.6 Å². The van der Waals surface area contributed by atoms with Gasteiger partial charge in [-0.1, -0.05) is 29.8 Å². The van der Waals surface area contributed by atoms with E-state index in [2.05, 4.69) is 17.0 Å². The van der Waals surface area contributed by atoms with Crippen LogP contribution in [0.15, 0.2) is 60.7 Å². The minimum absolute atomic E-state index is 0.0152. The van der Waals surface area contributed by atoms with Crippen molar-refractivity contribution in [2.75, 3.05) is 31.1 Å². The number of hydrogen-bond acceptors (Lipinski definition) is 4. The second-order valence-electron chi connectivity index (χ2n) is 7.71. The van der Waals surface area contributed by atoms with Gasteiger partial charge >= 0.3 is 0 Å². The van der Waals surface area contributed by atoms with Crippen molar-refractivity contribution < 1.29 is 9.53 Å². The van der Waals surface area contributed by atoms with Gasteiger partial charge < -0.3 is 14.5 Å². The van der Waals surface area contributed by atoms with Gasteiger partial charge in [-0.05, 0) is 56.3 Å². The molecule has 0 N–H and O–H groups in total. The number of carbonyl (C=O) groups excluding carboxylic acids is 1. The number of hydrogen-bond donors (Lipinski definition) is 0. The van der Waals surface area contributed by atoms with Crippen LogP contribution < -0.4 is 9.64 Å². The fraction of sp³-hybridized carbons (Fsp3) is 0.304. The summed E-state index contributed by atoms with van der Waals surface area (Å²) in [4.78, 5) is 21.9. The quantitative estimate of drug-likeness (QED) is 0.641. The number of piperazine rings is 1. The molecule has 29 heavy (non-hydrogen) atoms. The first kappa shape index (κ1) is 19.5. The fourth-order valence-electron chi connectivity index (χ4n) is 3.59. The molecule has 2 aromatic carbocycles. The van der Waals surface area contributed by atoms with Gasteiger partial charge in [0.25, 0.3) is 5.91 Å².